The van der Waals surface area contributed by atoms with E-state index in [1.165, 1.54) is 6.07 Å². The van der Waals surface area contributed by atoms with Crippen molar-refractivity contribution in [3.63, 3.8) is 0 Å². The third kappa shape index (κ3) is 2.07. The molecule has 0 aliphatic carbocycles. The van der Waals surface area contributed by atoms with Crippen LogP contribution in [0, 0.1) is 0 Å². The van der Waals surface area contributed by atoms with Gasteiger partial charge in [0.25, 0.3) is 0 Å². The first-order valence-corrected chi connectivity index (χ1v) is 4.60. The van der Waals surface area contributed by atoms with Gasteiger partial charge in [-0.05, 0) is 30.3 Å². The molecule has 0 spiro atoms. The molecule has 75 valence electrons. The Hall–Kier alpha value is -2.03. The zero-order valence-electron chi connectivity index (χ0n) is 8.02. The van der Waals surface area contributed by atoms with Gasteiger partial charge in [-0.15, -0.1) is 0 Å². The maximum absolute atomic E-state index is 13.8. The lowest BCUT2D eigenvalue weighted by Crippen LogP contribution is -2.02. The maximum Gasteiger partial charge on any atom is 0.0768 e. The van der Waals surface area contributed by atoms with Gasteiger partial charge in [0.1, 0.15) is 0 Å². The molecule has 0 unspecified atom stereocenters. The quantitative estimate of drug-likeness (QED) is 0.681. The van der Waals surface area contributed by atoms with Crippen molar-refractivity contribution in [3.8, 4) is 0 Å². The molecule has 0 saturated heterocycles. The van der Waals surface area contributed by atoms with E-state index in [0.717, 1.165) is 0 Å². The van der Waals surface area contributed by atoms with Crippen LogP contribution in [-0.4, -0.2) is 0 Å². The van der Waals surface area contributed by atoms with E-state index in [9.17, 15) is 4.48 Å². The molecule has 0 aromatic heterocycles. The maximum atomic E-state index is 13.8. The second-order valence-corrected chi connectivity index (χ2v) is 3.17. The van der Waals surface area contributed by atoms with Crippen LogP contribution < -0.4 is 10.9 Å². The molecule has 0 amide bonds. The predicted octanol–water partition coefficient (Wildman–Crippen LogP) is 3.62. The molecule has 3 heteroatoms. The molecule has 2 aromatic rings. The van der Waals surface area contributed by atoms with Crippen LogP contribution in [0.25, 0.3) is 0 Å². The second kappa shape index (κ2) is 4.00. The Morgan fingerprint density at radius 1 is 0.867 bits per heavy atom. The van der Waals surface area contributed by atoms with Gasteiger partial charge in [-0.2, -0.15) is 5.12 Å². The first kappa shape index (κ1) is 9.52. The van der Waals surface area contributed by atoms with Crippen molar-refractivity contribution >= 4 is 17.1 Å². The number of para-hydroxylation sites is 1. The Balaban J connectivity index is 2.32. The average Bonchev–Trinajstić information content (AvgIpc) is 2.29. The number of anilines is 2. The first-order chi connectivity index (χ1) is 7.27. The molecular formula is C12H10FN2. The van der Waals surface area contributed by atoms with E-state index in [2.05, 4.69) is 0 Å². The molecule has 0 heterocycles. The monoisotopic (exact) mass is 201 g/mol. The van der Waals surface area contributed by atoms with Gasteiger partial charge in [0.15, 0.2) is 0 Å². The number of hydrogen-bond donors (Lipinski definition) is 0. The van der Waals surface area contributed by atoms with Crippen LogP contribution in [0.1, 0.15) is 0 Å². The molecule has 0 saturated carbocycles. The Bertz CT molecular complexity index is 442. The molecule has 1 N–H and O–H groups in total. The highest BCUT2D eigenvalue weighted by Crippen LogP contribution is 2.26. The van der Waals surface area contributed by atoms with E-state index in [4.69, 9.17) is 5.73 Å². The third-order valence-electron chi connectivity index (χ3n) is 2.06. The summed E-state index contributed by atoms with van der Waals surface area (Å²) in [4.78, 5) is 0. The summed E-state index contributed by atoms with van der Waals surface area (Å²) < 4.78 is 13.8. The van der Waals surface area contributed by atoms with Crippen molar-refractivity contribution in [2.75, 3.05) is 5.12 Å². The number of halogens is 1. The molecule has 0 aliphatic heterocycles. The van der Waals surface area contributed by atoms with Crippen LogP contribution >= 0.6 is 0 Å². The molecule has 2 aromatic carbocycles. The molecule has 0 aliphatic rings. The highest BCUT2D eigenvalue weighted by Gasteiger charge is 2.06. The van der Waals surface area contributed by atoms with E-state index in [0.29, 0.717) is 22.2 Å². The molecule has 0 fully saturated rings. The molecular weight excluding hydrogens is 191 g/mol. The standard InChI is InChI=1S/C12H10FN2/c13-15(11-6-2-1-3-7-11)12-8-4-5-10(14)9-12/h1-9,14H. The Morgan fingerprint density at radius 3 is 2.20 bits per heavy atom. The topological polar surface area (TPSA) is 27.0 Å². The summed E-state index contributed by atoms with van der Waals surface area (Å²) in [6.07, 6.45) is 0. The van der Waals surface area contributed by atoms with Crippen molar-refractivity contribution in [2.24, 2.45) is 0 Å². The number of benzene rings is 2. The molecule has 0 atom stereocenters. The summed E-state index contributed by atoms with van der Waals surface area (Å²) in [5.74, 6) is 0. The van der Waals surface area contributed by atoms with Gasteiger partial charge < -0.3 is 5.73 Å². The lowest BCUT2D eigenvalue weighted by atomic mass is 10.2. The van der Waals surface area contributed by atoms with Crippen LogP contribution in [0.4, 0.5) is 21.5 Å². The summed E-state index contributed by atoms with van der Waals surface area (Å²) in [6.45, 7) is 0. The first-order valence-electron chi connectivity index (χ1n) is 4.60. The normalized spacial score (nSPS) is 9.93. The van der Waals surface area contributed by atoms with E-state index >= 15 is 0 Å². The smallest absolute Gasteiger partial charge is 0.0768 e. The third-order valence-corrected chi connectivity index (χ3v) is 2.06. The minimum Gasteiger partial charge on any atom is -0.301 e. The van der Waals surface area contributed by atoms with Crippen molar-refractivity contribution in [2.45, 2.75) is 0 Å². The number of nitrogens with zero attached hydrogens (tertiary/aromatic N) is 1. The molecule has 1 radical (unpaired) electrons. The van der Waals surface area contributed by atoms with Gasteiger partial charge in [-0.25, -0.2) is 0 Å². The van der Waals surface area contributed by atoms with Gasteiger partial charge in [0.2, 0.25) is 0 Å². The fourth-order valence-corrected chi connectivity index (χ4v) is 1.34. The van der Waals surface area contributed by atoms with Crippen LogP contribution in [0.5, 0.6) is 0 Å². The zero-order valence-corrected chi connectivity index (χ0v) is 8.02. The number of nitrogens with one attached hydrogen (secondary N) is 1. The fourth-order valence-electron chi connectivity index (χ4n) is 1.34. The van der Waals surface area contributed by atoms with Crippen LogP contribution in [0.3, 0.4) is 0 Å². The lowest BCUT2D eigenvalue weighted by Gasteiger charge is -2.13. The molecule has 2 rings (SSSR count). The second-order valence-electron chi connectivity index (χ2n) is 3.17. The van der Waals surface area contributed by atoms with Gasteiger partial charge in [0.05, 0.1) is 17.1 Å². The van der Waals surface area contributed by atoms with E-state index in [-0.39, 0.29) is 0 Å². The van der Waals surface area contributed by atoms with Crippen molar-refractivity contribution in [3.05, 3.63) is 54.6 Å². The SMILES string of the molecule is [NH]c1cccc(N(F)c2ccccc2)c1. The Labute approximate surface area is 87.7 Å². The fraction of sp³-hybridized carbons (Fsp3) is 0. The summed E-state index contributed by atoms with van der Waals surface area (Å²) in [5, 5.41) is 0.567. The summed E-state index contributed by atoms with van der Waals surface area (Å²) in [6, 6.07) is 15.1. The van der Waals surface area contributed by atoms with E-state index < -0.39 is 0 Å². The van der Waals surface area contributed by atoms with Crippen LogP contribution in [0.2, 0.25) is 0 Å². The summed E-state index contributed by atoms with van der Waals surface area (Å²) in [5.41, 5.74) is 8.53. The van der Waals surface area contributed by atoms with Crippen molar-refractivity contribution < 1.29 is 4.48 Å². The largest absolute Gasteiger partial charge is 0.301 e. The summed E-state index contributed by atoms with van der Waals surface area (Å²) >= 11 is 0. The van der Waals surface area contributed by atoms with Gasteiger partial charge >= 0.3 is 0 Å². The van der Waals surface area contributed by atoms with Gasteiger partial charge in [-0.3, -0.25) is 0 Å². The van der Waals surface area contributed by atoms with Crippen molar-refractivity contribution in [1.29, 1.82) is 0 Å². The zero-order chi connectivity index (χ0) is 10.7. The van der Waals surface area contributed by atoms with E-state index in [1.54, 1.807) is 42.5 Å². The van der Waals surface area contributed by atoms with E-state index in [1.807, 2.05) is 6.07 Å². The van der Waals surface area contributed by atoms with Crippen LogP contribution in [0.15, 0.2) is 54.6 Å². The average molecular weight is 201 g/mol. The molecule has 0 bridgehead atoms. The van der Waals surface area contributed by atoms with Crippen molar-refractivity contribution in [1.82, 2.24) is 5.73 Å². The molecule has 2 nitrogen and oxygen atoms in total. The summed E-state index contributed by atoms with van der Waals surface area (Å²) in [7, 11) is 0. The highest BCUT2D eigenvalue weighted by molar-refractivity contribution is 5.63. The highest BCUT2D eigenvalue weighted by atomic mass is 19.2. The van der Waals surface area contributed by atoms with Gasteiger partial charge in [0, 0.05) is 0 Å². The molecule has 15 heavy (non-hydrogen) atoms. The lowest BCUT2D eigenvalue weighted by molar-refractivity contribution is 0.505. The Morgan fingerprint density at radius 2 is 1.53 bits per heavy atom. The number of rotatable bonds is 2. The predicted molar refractivity (Wildman–Crippen MR) is 58.9 cm³/mol. The Kier molecular flexibility index (Phi) is 2.54. The van der Waals surface area contributed by atoms with Crippen LogP contribution in [-0.2, 0) is 0 Å². The number of hydrogen-bond acceptors (Lipinski definition) is 1. The minimum absolute atomic E-state index is 0.297. The minimum atomic E-state index is 0.297. The van der Waals surface area contributed by atoms with Gasteiger partial charge in [-0.1, -0.05) is 28.7 Å².